The minimum absolute atomic E-state index is 0.239. The summed E-state index contributed by atoms with van der Waals surface area (Å²) in [5, 5.41) is 4.83. The van der Waals surface area contributed by atoms with Crippen molar-refractivity contribution in [1.29, 1.82) is 0 Å². The van der Waals surface area contributed by atoms with E-state index in [0.29, 0.717) is 5.69 Å². The molecule has 0 saturated heterocycles. The number of fused-ring (bicyclic) bond motifs is 1. The number of hydrogen-bond donors (Lipinski definition) is 2. The molecule has 0 saturated carbocycles. The maximum atomic E-state index is 6.28. The molecular weight excluding hydrogens is 394 g/mol. The summed E-state index contributed by atoms with van der Waals surface area (Å²) in [7, 11) is -1.69. The zero-order valence-corrected chi connectivity index (χ0v) is 18.7. The van der Waals surface area contributed by atoms with Gasteiger partial charge in [-0.3, -0.25) is 4.98 Å². The van der Waals surface area contributed by atoms with Crippen LogP contribution in [0, 0.1) is 0 Å². The molecule has 1 unspecified atom stereocenters. The number of hydrogen-bond acceptors (Lipinski definition) is 4. The van der Waals surface area contributed by atoms with E-state index in [1.165, 1.54) is 0 Å². The maximum absolute atomic E-state index is 6.28. The van der Waals surface area contributed by atoms with Gasteiger partial charge in [0.15, 0.2) is 8.32 Å². The van der Waals surface area contributed by atoms with Gasteiger partial charge in [0.2, 0.25) is 0 Å². The van der Waals surface area contributed by atoms with Crippen LogP contribution in [0.25, 0.3) is 10.9 Å². The highest BCUT2D eigenvalue weighted by molar-refractivity contribution is 9.10. The van der Waals surface area contributed by atoms with Gasteiger partial charge >= 0.3 is 0 Å². The Balaban J connectivity index is 2.05. The van der Waals surface area contributed by atoms with Crippen molar-refractivity contribution in [3.05, 3.63) is 28.9 Å². The Kier molecular flexibility index (Phi) is 6.17. The fourth-order valence-corrected chi connectivity index (χ4v) is 3.78. The lowest BCUT2D eigenvalue weighted by molar-refractivity contribution is 0.277. The van der Waals surface area contributed by atoms with Crippen molar-refractivity contribution in [1.82, 2.24) is 4.98 Å². The molecule has 4 nitrogen and oxygen atoms in total. The van der Waals surface area contributed by atoms with Crippen LogP contribution in [-0.2, 0) is 4.43 Å². The first kappa shape index (κ1) is 20.2. The maximum Gasteiger partial charge on any atom is 0.191 e. The van der Waals surface area contributed by atoms with E-state index in [1.807, 2.05) is 18.2 Å². The van der Waals surface area contributed by atoms with E-state index in [-0.39, 0.29) is 11.1 Å². The van der Waals surface area contributed by atoms with Gasteiger partial charge in [0.05, 0.1) is 23.1 Å². The number of pyridine rings is 1. The summed E-state index contributed by atoms with van der Waals surface area (Å²) in [5.41, 5.74) is 8.72. The SMILES string of the molecule is CC(CCO[Si](C)(C)C(C)(C)C)Nc1c(N)cnc2cc(Br)ccc12. The zero-order chi connectivity index (χ0) is 18.8. The van der Waals surface area contributed by atoms with E-state index >= 15 is 0 Å². The zero-order valence-electron chi connectivity index (χ0n) is 16.1. The molecule has 0 fully saturated rings. The highest BCUT2D eigenvalue weighted by atomic mass is 79.9. The molecule has 0 radical (unpaired) electrons. The highest BCUT2D eigenvalue weighted by Gasteiger charge is 2.36. The molecule has 1 heterocycles. The molecule has 2 aromatic rings. The number of benzene rings is 1. The number of rotatable bonds is 6. The molecule has 25 heavy (non-hydrogen) atoms. The van der Waals surface area contributed by atoms with Crippen LogP contribution in [0.1, 0.15) is 34.1 Å². The summed E-state index contributed by atoms with van der Waals surface area (Å²) in [6.07, 6.45) is 2.66. The first-order chi connectivity index (χ1) is 11.5. The Labute approximate surface area is 160 Å². The van der Waals surface area contributed by atoms with Crippen molar-refractivity contribution in [3.8, 4) is 0 Å². The van der Waals surface area contributed by atoms with Crippen molar-refractivity contribution in [3.63, 3.8) is 0 Å². The summed E-state index contributed by atoms with van der Waals surface area (Å²) in [4.78, 5) is 4.42. The summed E-state index contributed by atoms with van der Waals surface area (Å²) >= 11 is 3.49. The Morgan fingerprint density at radius 1 is 1.32 bits per heavy atom. The van der Waals surface area contributed by atoms with Crippen LogP contribution in [0.3, 0.4) is 0 Å². The summed E-state index contributed by atoms with van der Waals surface area (Å²) in [5.74, 6) is 0. The Bertz CT molecular complexity index is 743. The second kappa shape index (κ2) is 7.64. The van der Waals surface area contributed by atoms with Crippen molar-refractivity contribution < 1.29 is 4.43 Å². The summed E-state index contributed by atoms with van der Waals surface area (Å²) in [6.45, 7) is 14.3. The Morgan fingerprint density at radius 3 is 2.64 bits per heavy atom. The second-order valence-corrected chi connectivity index (χ2v) is 13.9. The van der Waals surface area contributed by atoms with Crippen LogP contribution in [0.4, 0.5) is 11.4 Å². The van der Waals surface area contributed by atoms with Crippen molar-refractivity contribution >= 4 is 46.5 Å². The van der Waals surface area contributed by atoms with Gasteiger partial charge in [0.25, 0.3) is 0 Å². The Hall–Kier alpha value is -1.11. The van der Waals surface area contributed by atoms with E-state index in [1.54, 1.807) is 6.20 Å². The van der Waals surface area contributed by atoms with Gasteiger partial charge in [-0.1, -0.05) is 36.7 Å². The van der Waals surface area contributed by atoms with Crippen LogP contribution in [-0.4, -0.2) is 26.0 Å². The topological polar surface area (TPSA) is 60.2 Å². The largest absolute Gasteiger partial charge is 0.417 e. The van der Waals surface area contributed by atoms with Crippen LogP contribution < -0.4 is 11.1 Å². The molecule has 3 N–H and O–H groups in total. The van der Waals surface area contributed by atoms with E-state index in [4.69, 9.17) is 10.2 Å². The fraction of sp³-hybridized carbons (Fsp3) is 0.526. The first-order valence-electron chi connectivity index (χ1n) is 8.75. The summed E-state index contributed by atoms with van der Waals surface area (Å²) < 4.78 is 7.30. The third-order valence-electron chi connectivity index (χ3n) is 5.07. The van der Waals surface area contributed by atoms with Gasteiger partial charge in [-0.25, -0.2) is 0 Å². The predicted molar refractivity (Wildman–Crippen MR) is 115 cm³/mol. The van der Waals surface area contributed by atoms with Crippen LogP contribution in [0.2, 0.25) is 18.1 Å². The molecule has 0 aliphatic heterocycles. The number of nitrogens with two attached hydrogens (primary N) is 1. The first-order valence-corrected chi connectivity index (χ1v) is 12.5. The molecule has 0 spiro atoms. The standard InChI is InChI=1S/C19H30BrN3OSi/c1-13(9-10-24-25(5,6)19(2,3)4)23-18-15-8-7-14(20)11-17(15)22-12-16(18)21/h7-8,11-13H,9-10,21H2,1-6H3,(H,22,23). The lowest BCUT2D eigenvalue weighted by Gasteiger charge is -2.36. The van der Waals surface area contributed by atoms with Crippen molar-refractivity contribution in [2.45, 2.75) is 58.3 Å². The number of nitrogens with zero attached hydrogens (tertiary/aromatic N) is 1. The van der Waals surface area contributed by atoms with E-state index < -0.39 is 8.32 Å². The van der Waals surface area contributed by atoms with Gasteiger partial charge in [-0.05, 0) is 49.7 Å². The number of nitrogen functional groups attached to an aromatic ring is 1. The molecule has 0 amide bonds. The molecule has 1 aromatic heterocycles. The lowest BCUT2D eigenvalue weighted by atomic mass is 10.1. The van der Waals surface area contributed by atoms with E-state index in [0.717, 1.165) is 34.1 Å². The van der Waals surface area contributed by atoms with Crippen LogP contribution in [0.5, 0.6) is 0 Å². The predicted octanol–water partition coefficient (Wildman–Crippen LogP) is 5.79. The average Bonchev–Trinajstić information content (AvgIpc) is 2.49. The molecule has 0 aliphatic rings. The second-order valence-electron chi connectivity index (χ2n) is 8.19. The monoisotopic (exact) mass is 423 g/mol. The van der Waals surface area contributed by atoms with Gasteiger partial charge < -0.3 is 15.5 Å². The smallest absolute Gasteiger partial charge is 0.191 e. The third-order valence-corrected chi connectivity index (χ3v) is 10.1. The van der Waals surface area contributed by atoms with Crippen molar-refractivity contribution in [2.75, 3.05) is 17.7 Å². The molecule has 138 valence electrons. The molecule has 0 bridgehead atoms. The lowest BCUT2D eigenvalue weighted by Crippen LogP contribution is -2.41. The van der Waals surface area contributed by atoms with Gasteiger partial charge in [-0.2, -0.15) is 0 Å². The average molecular weight is 424 g/mol. The minimum Gasteiger partial charge on any atom is -0.417 e. The fourth-order valence-electron chi connectivity index (χ4n) is 2.37. The van der Waals surface area contributed by atoms with E-state index in [2.05, 4.69) is 67.0 Å². The van der Waals surface area contributed by atoms with Gasteiger partial charge in [0.1, 0.15) is 0 Å². The quantitative estimate of drug-likeness (QED) is 0.576. The number of aromatic nitrogens is 1. The third kappa shape index (κ3) is 4.96. The number of nitrogens with one attached hydrogen (secondary N) is 1. The molecule has 1 aromatic carbocycles. The van der Waals surface area contributed by atoms with Gasteiger partial charge in [-0.15, -0.1) is 0 Å². The van der Waals surface area contributed by atoms with Crippen molar-refractivity contribution in [2.24, 2.45) is 0 Å². The number of anilines is 2. The molecular formula is C19H30BrN3OSi. The summed E-state index contributed by atoms with van der Waals surface area (Å²) in [6, 6.07) is 6.33. The molecule has 2 rings (SSSR count). The minimum atomic E-state index is -1.69. The van der Waals surface area contributed by atoms with E-state index in [9.17, 15) is 0 Å². The molecule has 0 aliphatic carbocycles. The number of halogens is 1. The van der Waals surface area contributed by atoms with Crippen LogP contribution in [0.15, 0.2) is 28.9 Å². The Morgan fingerprint density at radius 2 is 2.00 bits per heavy atom. The molecule has 1 atom stereocenters. The van der Waals surface area contributed by atoms with Gasteiger partial charge in [0, 0.05) is 22.5 Å². The molecule has 6 heteroatoms. The highest BCUT2D eigenvalue weighted by Crippen LogP contribution is 2.36. The van der Waals surface area contributed by atoms with Crippen LogP contribution >= 0.6 is 15.9 Å². The normalized spacial score (nSPS) is 13.9.